The number of aryl methyl sites for hydroxylation is 1. The maximum absolute atomic E-state index is 12.3. The Morgan fingerprint density at radius 1 is 1.08 bits per heavy atom. The summed E-state index contributed by atoms with van der Waals surface area (Å²) in [6, 6.07) is 5.03. The number of hydrogen-bond acceptors (Lipinski definition) is 8. The molecule has 1 heterocycles. The Kier molecular flexibility index (Phi) is 7.15. The minimum Gasteiger partial charge on any atom is -0.497 e. The van der Waals surface area contributed by atoms with Crippen molar-refractivity contribution in [3.8, 4) is 5.75 Å². The molecule has 0 saturated carbocycles. The summed E-state index contributed by atoms with van der Waals surface area (Å²) in [6.45, 7) is -0.412. The van der Waals surface area contributed by atoms with Crippen molar-refractivity contribution in [2.45, 2.75) is 37.3 Å². The molecule has 1 aromatic carbocycles. The number of rotatable bonds is 1. The van der Waals surface area contributed by atoms with E-state index in [-0.39, 0.29) is 6.61 Å². The first kappa shape index (κ1) is 19.6. The molecule has 140 valence electrons. The molecule has 4 N–H and O–H groups in total. The maximum Gasteiger partial charge on any atom is 0.338 e. The summed E-state index contributed by atoms with van der Waals surface area (Å²) in [5.74, 6) is -0.180. The molecule has 1 aliphatic heterocycles. The quantitative estimate of drug-likeness (QED) is 0.485. The summed E-state index contributed by atoms with van der Waals surface area (Å²) < 4.78 is 15.5. The van der Waals surface area contributed by atoms with Gasteiger partial charge in [-0.2, -0.15) is 0 Å². The summed E-state index contributed by atoms with van der Waals surface area (Å²) in [7, 11) is 1.48. The van der Waals surface area contributed by atoms with Crippen molar-refractivity contribution in [1.29, 1.82) is 0 Å². The summed E-state index contributed by atoms with van der Waals surface area (Å²) in [5.41, 5.74) is 1.04. The van der Waals surface area contributed by atoms with Gasteiger partial charge in [0, 0.05) is 6.61 Å². The standard InChI is InChI=1S/C17H24O8/c1-23-11-5-4-10-3-2-6-24-8-13(18)15(20)16(21)14(19)9-25-17(22)12(10)7-11/h4-5,7,13-16,18-21H,2-3,6,8-9H2,1H3/t13-,14+,15-,16-/m1/s1. The number of hydrogen-bond donors (Lipinski definition) is 4. The Morgan fingerprint density at radius 3 is 2.44 bits per heavy atom. The predicted molar refractivity (Wildman–Crippen MR) is 86.4 cm³/mol. The fourth-order valence-electron chi connectivity index (χ4n) is 2.55. The van der Waals surface area contributed by atoms with Crippen molar-refractivity contribution in [2.24, 2.45) is 0 Å². The van der Waals surface area contributed by atoms with Crippen LogP contribution in [0.15, 0.2) is 18.2 Å². The lowest BCUT2D eigenvalue weighted by Gasteiger charge is -2.26. The molecule has 0 spiro atoms. The van der Waals surface area contributed by atoms with Crippen LogP contribution in [0.2, 0.25) is 0 Å². The molecule has 8 nitrogen and oxygen atoms in total. The van der Waals surface area contributed by atoms with Gasteiger partial charge in [-0.25, -0.2) is 4.79 Å². The van der Waals surface area contributed by atoms with Crippen LogP contribution in [0.5, 0.6) is 5.75 Å². The topological polar surface area (TPSA) is 126 Å². The van der Waals surface area contributed by atoms with Crippen molar-refractivity contribution in [2.75, 3.05) is 26.9 Å². The van der Waals surface area contributed by atoms with E-state index in [1.807, 2.05) is 0 Å². The van der Waals surface area contributed by atoms with Crippen LogP contribution in [0.25, 0.3) is 0 Å². The molecule has 8 heteroatoms. The minimum absolute atomic E-state index is 0.180. The fraction of sp³-hybridized carbons (Fsp3) is 0.588. The van der Waals surface area contributed by atoms with Gasteiger partial charge in [0.1, 0.15) is 36.8 Å². The van der Waals surface area contributed by atoms with Gasteiger partial charge < -0.3 is 34.6 Å². The van der Waals surface area contributed by atoms with Gasteiger partial charge in [-0.15, -0.1) is 0 Å². The van der Waals surface area contributed by atoms with Gasteiger partial charge >= 0.3 is 5.97 Å². The van der Waals surface area contributed by atoms with E-state index in [1.54, 1.807) is 18.2 Å². The van der Waals surface area contributed by atoms with Gasteiger partial charge in [-0.1, -0.05) is 6.07 Å². The average molecular weight is 356 g/mol. The number of aliphatic hydroxyl groups excluding tert-OH is 4. The number of carbonyl (C=O) groups excluding carboxylic acids is 1. The monoisotopic (exact) mass is 356 g/mol. The average Bonchev–Trinajstić information content (AvgIpc) is 2.63. The number of esters is 1. The molecule has 0 radical (unpaired) electrons. The zero-order valence-corrected chi connectivity index (χ0v) is 14.0. The molecule has 0 saturated heterocycles. The largest absolute Gasteiger partial charge is 0.497 e. The highest BCUT2D eigenvalue weighted by molar-refractivity contribution is 5.91. The van der Waals surface area contributed by atoms with Crippen LogP contribution in [0.1, 0.15) is 22.3 Å². The van der Waals surface area contributed by atoms with E-state index in [0.717, 1.165) is 5.56 Å². The highest BCUT2D eigenvalue weighted by Crippen LogP contribution is 2.21. The van der Waals surface area contributed by atoms with Crippen LogP contribution in [-0.4, -0.2) is 77.7 Å². The molecule has 25 heavy (non-hydrogen) atoms. The Morgan fingerprint density at radius 2 is 1.76 bits per heavy atom. The molecule has 0 bridgehead atoms. The number of ether oxygens (including phenoxy) is 3. The highest BCUT2D eigenvalue weighted by Gasteiger charge is 2.31. The normalized spacial score (nSPS) is 29.2. The van der Waals surface area contributed by atoms with Crippen LogP contribution < -0.4 is 4.74 Å². The zero-order valence-electron chi connectivity index (χ0n) is 14.0. The van der Waals surface area contributed by atoms with E-state index >= 15 is 0 Å². The van der Waals surface area contributed by atoms with Gasteiger partial charge in [0.05, 0.1) is 19.3 Å². The van der Waals surface area contributed by atoms with Crippen LogP contribution in [0.4, 0.5) is 0 Å². The van der Waals surface area contributed by atoms with Crippen LogP contribution in [0.3, 0.4) is 0 Å². The number of benzene rings is 1. The van der Waals surface area contributed by atoms with E-state index in [9.17, 15) is 25.2 Å². The van der Waals surface area contributed by atoms with Gasteiger partial charge in [-0.3, -0.25) is 0 Å². The van der Waals surface area contributed by atoms with Gasteiger partial charge in [0.25, 0.3) is 0 Å². The van der Waals surface area contributed by atoms with Crippen molar-refractivity contribution in [3.63, 3.8) is 0 Å². The second kappa shape index (κ2) is 9.12. The van der Waals surface area contributed by atoms with E-state index in [0.29, 0.717) is 30.8 Å². The zero-order chi connectivity index (χ0) is 18.4. The molecular weight excluding hydrogens is 332 g/mol. The molecular formula is C17H24O8. The first-order valence-corrected chi connectivity index (χ1v) is 8.08. The second-order valence-electron chi connectivity index (χ2n) is 5.92. The molecule has 4 atom stereocenters. The minimum atomic E-state index is -1.68. The predicted octanol–water partition coefficient (Wildman–Crippen LogP) is -0.742. The van der Waals surface area contributed by atoms with E-state index in [4.69, 9.17) is 14.2 Å². The van der Waals surface area contributed by atoms with Crippen molar-refractivity contribution in [1.82, 2.24) is 0 Å². The molecule has 2 rings (SSSR count). The number of cyclic esters (lactones) is 1. The SMILES string of the molecule is COc1ccc2c(c1)C(=O)OC[C@H](O)[C@@H](O)[C@H](O)[C@H](O)COCCC2. The molecule has 0 aromatic heterocycles. The first-order valence-electron chi connectivity index (χ1n) is 8.08. The van der Waals surface area contributed by atoms with Crippen molar-refractivity contribution < 1.29 is 39.4 Å². The number of aliphatic hydroxyl groups is 4. The van der Waals surface area contributed by atoms with Crippen LogP contribution in [0, 0.1) is 0 Å². The number of methoxy groups -OCH3 is 1. The number of carbonyl (C=O) groups is 1. The lowest BCUT2D eigenvalue weighted by atomic mass is 10.0. The first-order chi connectivity index (χ1) is 11.9. The van der Waals surface area contributed by atoms with E-state index in [1.165, 1.54) is 7.11 Å². The van der Waals surface area contributed by atoms with Crippen LogP contribution in [-0.2, 0) is 15.9 Å². The molecule has 0 aliphatic carbocycles. The van der Waals surface area contributed by atoms with E-state index in [2.05, 4.69) is 0 Å². The molecule has 1 aliphatic rings. The molecule has 0 fully saturated rings. The van der Waals surface area contributed by atoms with Gasteiger partial charge in [0.15, 0.2) is 0 Å². The lowest BCUT2D eigenvalue weighted by Crippen LogP contribution is -2.47. The Labute approximate surface area is 145 Å². The number of fused-ring (bicyclic) bond motifs is 1. The molecule has 1 aromatic rings. The third-order valence-corrected chi connectivity index (χ3v) is 4.08. The lowest BCUT2D eigenvalue weighted by molar-refractivity contribution is -0.130. The Balaban J connectivity index is 2.21. The summed E-state index contributed by atoms with van der Waals surface area (Å²) in [6.07, 6.45) is -5.09. The van der Waals surface area contributed by atoms with E-state index < -0.39 is 37.0 Å². The van der Waals surface area contributed by atoms with Crippen molar-refractivity contribution in [3.05, 3.63) is 29.3 Å². The highest BCUT2D eigenvalue weighted by atomic mass is 16.5. The second-order valence-corrected chi connectivity index (χ2v) is 5.92. The van der Waals surface area contributed by atoms with Crippen LogP contribution >= 0.6 is 0 Å². The maximum atomic E-state index is 12.3. The third-order valence-electron chi connectivity index (χ3n) is 4.08. The third kappa shape index (κ3) is 5.13. The van der Waals surface area contributed by atoms with Gasteiger partial charge in [-0.05, 0) is 30.5 Å². The van der Waals surface area contributed by atoms with Gasteiger partial charge in [0.2, 0.25) is 0 Å². The van der Waals surface area contributed by atoms with Crippen molar-refractivity contribution >= 4 is 5.97 Å². The molecule has 0 unspecified atom stereocenters. The fourth-order valence-corrected chi connectivity index (χ4v) is 2.55. The Hall–Kier alpha value is -1.71. The summed E-state index contributed by atoms with van der Waals surface area (Å²) >= 11 is 0. The molecule has 0 amide bonds. The summed E-state index contributed by atoms with van der Waals surface area (Å²) in [5, 5.41) is 39.3. The smallest absolute Gasteiger partial charge is 0.338 e. The Bertz CT molecular complexity index is 576. The summed E-state index contributed by atoms with van der Waals surface area (Å²) in [4.78, 5) is 12.3.